The monoisotopic (exact) mass is 414 g/mol. The summed E-state index contributed by atoms with van der Waals surface area (Å²) >= 11 is 0. The predicted molar refractivity (Wildman–Crippen MR) is 109 cm³/mol. The predicted octanol–water partition coefficient (Wildman–Crippen LogP) is 2.16. The van der Waals surface area contributed by atoms with Gasteiger partial charge >= 0.3 is 0 Å². The van der Waals surface area contributed by atoms with Crippen LogP contribution in [0.2, 0.25) is 0 Å². The first kappa shape index (κ1) is 19.7. The Morgan fingerprint density at radius 2 is 1.14 bits per heavy atom. The number of fused-ring (bicyclic) bond motifs is 1. The van der Waals surface area contributed by atoms with Crippen molar-refractivity contribution >= 4 is 35.3 Å². The standard InChI is InChI=1S/C18H14N6O4.ClH/c19-16-15-17(24-18(20)23-16)22-14(8-2-4-10(26)12(28)6-8)13(21-15)7-1-3-9(25)11(27)5-7;/h1-6,25-28H,(H4,19,20,22,23,24);1H. The highest BCUT2D eigenvalue weighted by Crippen LogP contribution is 2.38. The van der Waals surface area contributed by atoms with Gasteiger partial charge in [-0.05, 0) is 36.4 Å². The van der Waals surface area contributed by atoms with Crippen LogP contribution in [0.4, 0.5) is 11.8 Å². The first-order valence-electron chi connectivity index (χ1n) is 7.99. The molecule has 0 unspecified atom stereocenters. The summed E-state index contributed by atoms with van der Waals surface area (Å²) in [5.74, 6) is -1.33. The van der Waals surface area contributed by atoms with E-state index in [0.717, 1.165) is 0 Å². The van der Waals surface area contributed by atoms with Crippen molar-refractivity contribution in [3.8, 4) is 45.5 Å². The number of hydrogen-bond acceptors (Lipinski definition) is 10. The van der Waals surface area contributed by atoms with Crippen LogP contribution in [0.3, 0.4) is 0 Å². The lowest BCUT2D eigenvalue weighted by atomic mass is 10.0. The number of phenols is 4. The summed E-state index contributed by atoms with van der Waals surface area (Å²) in [5, 5.41) is 38.9. The molecule has 2 aromatic heterocycles. The fourth-order valence-corrected chi connectivity index (χ4v) is 2.73. The molecule has 0 aliphatic rings. The lowest BCUT2D eigenvalue weighted by molar-refractivity contribution is 0.404. The van der Waals surface area contributed by atoms with E-state index >= 15 is 0 Å². The van der Waals surface area contributed by atoms with Crippen LogP contribution < -0.4 is 11.5 Å². The van der Waals surface area contributed by atoms with Crippen molar-refractivity contribution in [1.29, 1.82) is 0 Å². The molecule has 2 heterocycles. The Labute approximate surface area is 169 Å². The zero-order valence-electron chi connectivity index (χ0n) is 14.6. The smallest absolute Gasteiger partial charge is 0.224 e. The molecule has 10 nitrogen and oxygen atoms in total. The number of phenolic OH excluding ortho intramolecular Hbond substituents is 4. The molecule has 0 bridgehead atoms. The van der Waals surface area contributed by atoms with E-state index in [4.69, 9.17) is 11.5 Å². The lowest BCUT2D eigenvalue weighted by Gasteiger charge is -2.12. The second kappa shape index (κ2) is 7.17. The highest BCUT2D eigenvalue weighted by molar-refractivity contribution is 5.90. The molecule has 0 aliphatic carbocycles. The van der Waals surface area contributed by atoms with Crippen LogP contribution in [0.5, 0.6) is 23.0 Å². The van der Waals surface area contributed by atoms with E-state index in [-0.39, 0.29) is 69.7 Å². The number of benzene rings is 2. The summed E-state index contributed by atoms with van der Waals surface area (Å²) in [5.41, 5.74) is 13.3. The number of rotatable bonds is 2. The van der Waals surface area contributed by atoms with Crippen molar-refractivity contribution in [2.24, 2.45) is 0 Å². The minimum atomic E-state index is -0.347. The Bertz CT molecular complexity index is 1250. The molecular weight excluding hydrogens is 400 g/mol. The van der Waals surface area contributed by atoms with Crippen molar-refractivity contribution in [2.75, 3.05) is 11.5 Å². The van der Waals surface area contributed by atoms with Crippen LogP contribution in [0.1, 0.15) is 0 Å². The summed E-state index contributed by atoms with van der Waals surface area (Å²) < 4.78 is 0. The maximum Gasteiger partial charge on any atom is 0.224 e. The molecule has 0 saturated carbocycles. The minimum Gasteiger partial charge on any atom is -0.504 e. The van der Waals surface area contributed by atoms with Crippen molar-refractivity contribution in [2.45, 2.75) is 0 Å². The van der Waals surface area contributed by atoms with Crippen LogP contribution in [-0.2, 0) is 0 Å². The topological polar surface area (TPSA) is 185 Å². The summed E-state index contributed by atoms with van der Waals surface area (Å²) in [6.45, 7) is 0. The Kier molecular flexibility index (Phi) is 4.87. The third kappa shape index (κ3) is 3.44. The van der Waals surface area contributed by atoms with Crippen LogP contribution in [0.25, 0.3) is 33.7 Å². The van der Waals surface area contributed by atoms with Gasteiger partial charge in [0, 0.05) is 11.1 Å². The Hall–Kier alpha value is -4.05. The van der Waals surface area contributed by atoms with Crippen LogP contribution in [0, 0.1) is 0 Å². The van der Waals surface area contributed by atoms with Gasteiger partial charge in [0.1, 0.15) is 0 Å². The summed E-state index contributed by atoms with van der Waals surface area (Å²) in [6.07, 6.45) is 0. The number of nitrogens with zero attached hydrogens (tertiary/aromatic N) is 4. The highest BCUT2D eigenvalue weighted by atomic mass is 35.5. The normalized spacial score (nSPS) is 10.6. The quantitative estimate of drug-likeness (QED) is 0.265. The number of nitrogens with two attached hydrogens (primary N) is 2. The second-order valence-electron chi connectivity index (χ2n) is 5.97. The van der Waals surface area contributed by atoms with Crippen molar-refractivity contribution in [1.82, 2.24) is 19.9 Å². The van der Waals surface area contributed by atoms with E-state index in [1.165, 1.54) is 36.4 Å². The van der Waals surface area contributed by atoms with E-state index in [9.17, 15) is 20.4 Å². The van der Waals surface area contributed by atoms with Crippen LogP contribution in [0.15, 0.2) is 36.4 Å². The average molecular weight is 415 g/mol. The Morgan fingerprint density at radius 1 is 0.621 bits per heavy atom. The first-order valence-corrected chi connectivity index (χ1v) is 7.99. The number of aromatic hydroxyl groups is 4. The largest absolute Gasteiger partial charge is 0.504 e. The molecule has 0 radical (unpaired) electrons. The van der Waals surface area contributed by atoms with Gasteiger partial charge in [-0.3, -0.25) is 0 Å². The molecule has 0 fully saturated rings. The molecule has 148 valence electrons. The van der Waals surface area contributed by atoms with Gasteiger partial charge in [0.15, 0.2) is 40.0 Å². The van der Waals surface area contributed by atoms with Gasteiger partial charge in [-0.1, -0.05) is 0 Å². The van der Waals surface area contributed by atoms with E-state index in [1.807, 2.05) is 0 Å². The van der Waals surface area contributed by atoms with Crippen molar-refractivity contribution < 1.29 is 20.4 Å². The Morgan fingerprint density at radius 3 is 1.66 bits per heavy atom. The van der Waals surface area contributed by atoms with E-state index in [2.05, 4.69) is 19.9 Å². The van der Waals surface area contributed by atoms with E-state index < -0.39 is 0 Å². The fraction of sp³-hybridized carbons (Fsp3) is 0. The number of hydrogen-bond donors (Lipinski definition) is 6. The third-order valence-corrected chi connectivity index (χ3v) is 4.07. The van der Waals surface area contributed by atoms with Gasteiger partial charge in [0.05, 0.1) is 11.4 Å². The molecule has 0 atom stereocenters. The zero-order valence-corrected chi connectivity index (χ0v) is 15.4. The molecule has 0 spiro atoms. The van der Waals surface area contributed by atoms with Crippen molar-refractivity contribution in [3.05, 3.63) is 36.4 Å². The summed E-state index contributed by atoms with van der Waals surface area (Å²) in [7, 11) is 0. The Balaban J connectivity index is 0.00000240. The molecule has 2 aromatic carbocycles. The summed E-state index contributed by atoms with van der Waals surface area (Å²) in [6, 6.07) is 8.28. The van der Waals surface area contributed by atoms with E-state index in [1.54, 1.807) is 0 Å². The van der Waals surface area contributed by atoms with Gasteiger partial charge in [-0.15, -0.1) is 12.4 Å². The summed E-state index contributed by atoms with van der Waals surface area (Å²) in [4.78, 5) is 16.9. The van der Waals surface area contributed by atoms with Gasteiger partial charge in [0.25, 0.3) is 0 Å². The maximum atomic E-state index is 9.87. The average Bonchev–Trinajstić information content (AvgIpc) is 2.65. The molecular formula is C18H15ClN6O4. The zero-order chi connectivity index (χ0) is 20.0. The fourth-order valence-electron chi connectivity index (χ4n) is 2.73. The molecule has 29 heavy (non-hydrogen) atoms. The lowest BCUT2D eigenvalue weighted by Crippen LogP contribution is -2.05. The van der Waals surface area contributed by atoms with Crippen molar-refractivity contribution in [3.63, 3.8) is 0 Å². The van der Waals surface area contributed by atoms with Gasteiger partial charge in [-0.2, -0.15) is 9.97 Å². The molecule has 0 amide bonds. The maximum absolute atomic E-state index is 9.87. The first-order chi connectivity index (χ1) is 13.3. The van der Waals surface area contributed by atoms with Gasteiger partial charge in [-0.25, -0.2) is 9.97 Å². The number of halogens is 1. The third-order valence-electron chi connectivity index (χ3n) is 4.07. The van der Waals surface area contributed by atoms with Crippen LogP contribution >= 0.6 is 12.4 Å². The molecule has 0 aliphatic heterocycles. The molecule has 4 aromatic rings. The molecule has 8 N–H and O–H groups in total. The molecule has 11 heteroatoms. The highest BCUT2D eigenvalue weighted by Gasteiger charge is 2.18. The number of anilines is 2. The number of nitrogen functional groups attached to an aromatic ring is 2. The van der Waals surface area contributed by atoms with Gasteiger partial charge in [0.2, 0.25) is 5.95 Å². The molecule has 0 saturated heterocycles. The minimum absolute atomic E-state index is 0. The SMILES string of the molecule is Cl.Nc1nc(N)c2nc(-c3ccc(O)c(O)c3)c(-c3ccc(O)c(O)c3)nc2n1. The molecule has 4 rings (SSSR count). The second-order valence-corrected chi connectivity index (χ2v) is 5.97. The number of aromatic nitrogens is 4. The van der Waals surface area contributed by atoms with E-state index in [0.29, 0.717) is 11.1 Å². The van der Waals surface area contributed by atoms with Gasteiger partial charge < -0.3 is 31.9 Å². The van der Waals surface area contributed by atoms with Crippen LogP contribution in [-0.4, -0.2) is 40.4 Å².